The van der Waals surface area contributed by atoms with Gasteiger partial charge in [0.25, 0.3) is 0 Å². The molecular weight excluding hydrogens is 406 g/mol. The van der Waals surface area contributed by atoms with Crippen LogP contribution in [-0.4, -0.2) is 50.4 Å². The molecular formula is C24H29N5O3. The summed E-state index contributed by atoms with van der Waals surface area (Å²) in [6.07, 6.45) is 3.91. The fourth-order valence-corrected chi connectivity index (χ4v) is 3.73. The maximum Gasteiger partial charge on any atom is 0.229 e. The van der Waals surface area contributed by atoms with Gasteiger partial charge in [-0.05, 0) is 67.9 Å². The van der Waals surface area contributed by atoms with Crippen LogP contribution >= 0.6 is 0 Å². The van der Waals surface area contributed by atoms with Gasteiger partial charge in [0.2, 0.25) is 5.95 Å². The highest BCUT2D eigenvalue weighted by Gasteiger charge is 2.18. The molecule has 4 rings (SSSR count). The monoisotopic (exact) mass is 435 g/mol. The molecule has 2 aromatic carbocycles. The summed E-state index contributed by atoms with van der Waals surface area (Å²) < 4.78 is 16.1. The van der Waals surface area contributed by atoms with Gasteiger partial charge in [-0.1, -0.05) is 6.07 Å². The normalized spacial score (nSPS) is 14.0. The number of piperidine rings is 1. The molecule has 3 aromatic rings. The maximum absolute atomic E-state index is 5.49. The molecule has 0 radical (unpaired) electrons. The van der Waals surface area contributed by atoms with Crippen LogP contribution in [0.1, 0.15) is 12.8 Å². The van der Waals surface area contributed by atoms with Crippen molar-refractivity contribution in [3.63, 3.8) is 0 Å². The summed E-state index contributed by atoms with van der Waals surface area (Å²) in [6, 6.07) is 13.8. The number of rotatable bonds is 8. The van der Waals surface area contributed by atoms with Crippen LogP contribution in [0.4, 0.5) is 17.5 Å². The lowest BCUT2D eigenvalue weighted by atomic mass is 10.0. The summed E-state index contributed by atoms with van der Waals surface area (Å²) in [5.41, 5.74) is 2.75. The maximum atomic E-state index is 5.49. The van der Waals surface area contributed by atoms with Crippen molar-refractivity contribution in [1.29, 1.82) is 0 Å². The lowest BCUT2D eigenvalue weighted by Crippen LogP contribution is -2.35. The minimum atomic E-state index is 0.346. The van der Waals surface area contributed by atoms with Crippen LogP contribution in [0.5, 0.6) is 17.2 Å². The third-order valence-corrected chi connectivity index (χ3v) is 5.51. The molecule has 3 N–H and O–H groups in total. The van der Waals surface area contributed by atoms with E-state index in [1.165, 1.54) is 0 Å². The molecule has 1 aromatic heterocycles. The number of nitrogens with zero attached hydrogens (tertiary/aromatic N) is 2. The van der Waals surface area contributed by atoms with E-state index in [9.17, 15) is 0 Å². The number of benzene rings is 2. The van der Waals surface area contributed by atoms with Crippen molar-refractivity contribution in [3.8, 4) is 28.4 Å². The van der Waals surface area contributed by atoms with Gasteiger partial charge in [0.05, 0.1) is 21.3 Å². The topological polar surface area (TPSA) is 89.6 Å². The smallest absolute Gasteiger partial charge is 0.229 e. The Morgan fingerprint density at radius 2 is 1.66 bits per heavy atom. The van der Waals surface area contributed by atoms with Crippen LogP contribution in [0.25, 0.3) is 11.1 Å². The minimum Gasteiger partial charge on any atom is -0.497 e. The van der Waals surface area contributed by atoms with E-state index in [-0.39, 0.29) is 0 Å². The number of nitrogens with one attached hydrogen (secondary N) is 3. The highest BCUT2D eigenvalue weighted by atomic mass is 16.5. The zero-order valence-electron chi connectivity index (χ0n) is 18.6. The van der Waals surface area contributed by atoms with Gasteiger partial charge >= 0.3 is 0 Å². The molecule has 2 heterocycles. The fraction of sp³-hybridized carbons (Fsp3) is 0.333. The molecule has 0 saturated carbocycles. The second kappa shape index (κ2) is 10.2. The molecule has 1 fully saturated rings. The summed E-state index contributed by atoms with van der Waals surface area (Å²) in [5.74, 6) is 3.46. The van der Waals surface area contributed by atoms with E-state index in [1.807, 2.05) is 48.7 Å². The van der Waals surface area contributed by atoms with Crippen molar-refractivity contribution >= 4 is 17.5 Å². The number of methoxy groups -OCH3 is 3. The molecule has 168 valence electrons. The Kier molecular flexibility index (Phi) is 6.91. The minimum absolute atomic E-state index is 0.346. The molecule has 0 aliphatic carbocycles. The molecule has 32 heavy (non-hydrogen) atoms. The Morgan fingerprint density at radius 3 is 2.34 bits per heavy atom. The van der Waals surface area contributed by atoms with Crippen LogP contribution in [0.3, 0.4) is 0 Å². The van der Waals surface area contributed by atoms with Crippen molar-refractivity contribution in [3.05, 3.63) is 48.7 Å². The van der Waals surface area contributed by atoms with Gasteiger partial charge in [-0.2, -0.15) is 4.98 Å². The van der Waals surface area contributed by atoms with Crippen LogP contribution in [0.15, 0.2) is 48.7 Å². The zero-order valence-corrected chi connectivity index (χ0v) is 18.6. The van der Waals surface area contributed by atoms with Gasteiger partial charge in [0.1, 0.15) is 11.6 Å². The van der Waals surface area contributed by atoms with E-state index < -0.39 is 0 Å². The fourth-order valence-electron chi connectivity index (χ4n) is 3.73. The van der Waals surface area contributed by atoms with E-state index >= 15 is 0 Å². The number of anilines is 3. The van der Waals surface area contributed by atoms with E-state index in [0.717, 1.165) is 54.3 Å². The molecule has 1 aliphatic rings. The Bertz CT molecular complexity index is 1040. The van der Waals surface area contributed by atoms with Gasteiger partial charge in [-0.25, -0.2) is 4.98 Å². The van der Waals surface area contributed by atoms with Gasteiger partial charge < -0.3 is 30.2 Å². The first-order valence-electron chi connectivity index (χ1n) is 10.7. The zero-order chi connectivity index (χ0) is 22.3. The average Bonchev–Trinajstić information content (AvgIpc) is 2.85. The SMILES string of the molecule is COc1ccc(Nc2ncc(-c3ccc(OC)c(OC)c3)c(NC3CCNCC3)n2)cc1. The van der Waals surface area contributed by atoms with E-state index in [2.05, 4.69) is 20.9 Å². The van der Waals surface area contributed by atoms with Crippen molar-refractivity contribution < 1.29 is 14.2 Å². The predicted octanol–water partition coefficient (Wildman–Crippen LogP) is 4.08. The molecule has 0 spiro atoms. The van der Waals surface area contributed by atoms with E-state index in [4.69, 9.17) is 19.2 Å². The van der Waals surface area contributed by atoms with E-state index in [0.29, 0.717) is 23.5 Å². The van der Waals surface area contributed by atoms with Crippen LogP contribution in [0.2, 0.25) is 0 Å². The molecule has 0 atom stereocenters. The predicted molar refractivity (Wildman–Crippen MR) is 126 cm³/mol. The number of hydrogen-bond donors (Lipinski definition) is 3. The van der Waals surface area contributed by atoms with Crippen LogP contribution in [-0.2, 0) is 0 Å². The Labute approximate surface area is 188 Å². The van der Waals surface area contributed by atoms with Crippen LogP contribution in [0, 0.1) is 0 Å². The Hall–Kier alpha value is -3.52. The largest absolute Gasteiger partial charge is 0.497 e. The van der Waals surface area contributed by atoms with Crippen LogP contribution < -0.4 is 30.2 Å². The number of ether oxygens (including phenoxy) is 3. The standard InChI is InChI=1S/C24H29N5O3/c1-30-19-7-5-17(6-8-19)28-24-26-15-20(16-4-9-21(31-2)22(14-16)32-3)23(29-24)27-18-10-12-25-13-11-18/h4-9,14-15,18,25H,10-13H2,1-3H3,(H2,26,27,28,29). The molecule has 0 amide bonds. The average molecular weight is 436 g/mol. The van der Waals surface area contributed by atoms with Crippen molar-refractivity contribution in [2.24, 2.45) is 0 Å². The number of hydrogen-bond acceptors (Lipinski definition) is 8. The summed E-state index contributed by atoms with van der Waals surface area (Å²) in [4.78, 5) is 9.39. The van der Waals surface area contributed by atoms with Crippen molar-refractivity contribution in [2.75, 3.05) is 45.1 Å². The third-order valence-electron chi connectivity index (χ3n) is 5.51. The summed E-state index contributed by atoms with van der Waals surface area (Å²) >= 11 is 0. The Morgan fingerprint density at radius 1 is 0.906 bits per heavy atom. The third kappa shape index (κ3) is 5.03. The van der Waals surface area contributed by atoms with Gasteiger partial charge in [0, 0.05) is 23.5 Å². The van der Waals surface area contributed by atoms with Gasteiger partial charge in [0.15, 0.2) is 11.5 Å². The first kappa shape index (κ1) is 21.7. The van der Waals surface area contributed by atoms with Crippen molar-refractivity contribution in [1.82, 2.24) is 15.3 Å². The van der Waals surface area contributed by atoms with Crippen molar-refractivity contribution in [2.45, 2.75) is 18.9 Å². The molecule has 1 aliphatic heterocycles. The quantitative estimate of drug-likeness (QED) is 0.488. The molecule has 0 unspecified atom stereocenters. The first-order valence-corrected chi connectivity index (χ1v) is 10.7. The molecule has 1 saturated heterocycles. The number of aromatic nitrogens is 2. The van der Waals surface area contributed by atoms with Gasteiger partial charge in [-0.3, -0.25) is 0 Å². The Balaban J connectivity index is 1.66. The van der Waals surface area contributed by atoms with Gasteiger partial charge in [-0.15, -0.1) is 0 Å². The highest BCUT2D eigenvalue weighted by Crippen LogP contribution is 2.35. The lowest BCUT2D eigenvalue weighted by Gasteiger charge is -2.25. The molecule has 8 nitrogen and oxygen atoms in total. The molecule has 8 heteroatoms. The van der Waals surface area contributed by atoms with E-state index in [1.54, 1.807) is 21.3 Å². The first-order chi connectivity index (χ1) is 15.7. The lowest BCUT2D eigenvalue weighted by molar-refractivity contribution is 0.355. The second-order valence-electron chi connectivity index (χ2n) is 7.55. The summed E-state index contributed by atoms with van der Waals surface area (Å²) in [7, 11) is 4.91. The summed E-state index contributed by atoms with van der Waals surface area (Å²) in [6.45, 7) is 1.98. The molecule has 0 bridgehead atoms. The highest BCUT2D eigenvalue weighted by molar-refractivity contribution is 5.77. The second-order valence-corrected chi connectivity index (χ2v) is 7.55. The summed E-state index contributed by atoms with van der Waals surface area (Å²) in [5, 5.41) is 10.3.